The van der Waals surface area contributed by atoms with Gasteiger partial charge >= 0.3 is 33.6 Å². The highest BCUT2D eigenvalue weighted by atomic mass is 31.2. The summed E-state index contributed by atoms with van der Waals surface area (Å²) in [5, 5.41) is 20.6. The maximum absolute atomic E-state index is 13.0. The van der Waals surface area contributed by atoms with E-state index < -0.39 is 91.5 Å². The minimum absolute atomic E-state index is 0.0753. The molecule has 5 atom stereocenters. The smallest absolute Gasteiger partial charge is 0.463 e. The van der Waals surface area contributed by atoms with Crippen molar-refractivity contribution in [3.8, 4) is 0 Å². The monoisotopic (exact) mass is 1420 g/mol. The van der Waals surface area contributed by atoms with Gasteiger partial charge in [-0.3, -0.25) is 32.5 Å². The zero-order valence-corrected chi connectivity index (χ0v) is 62.6. The van der Waals surface area contributed by atoms with Crippen LogP contribution in [0.15, 0.2) is 182 Å². The molecule has 0 aromatic heterocycles. The lowest BCUT2D eigenvalue weighted by Crippen LogP contribution is -2.30. The van der Waals surface area contributed by atoms with E-state index in [2.05, 4.69) is 203 Å². The fourth-order valence-corrected chi connectivity index (χ4v) is 10.6. The maximum Gasteiger partial charge on any atom is 0.472 e. The minimum atomic E-state index is -4.95. The average Bonchev–Trinajstić information content (AvgIpc) is 2.30. The first-order chi connectivity index (χ1) is 48.2. The zero-order chi connectivity index (χ0) is 72.3. The van der Waals surface area contributed by atoms with Crippen molar-refractivity contribution in [2.75, 3.05) is 39.6 Å². The Kier molecular flexibility index (Phi) is 68.5. The van der Waals surface area contributed by atoms with Gasteiger partial charge in [-0.1, -0.05) is 261 Å². The fraction of sp³-hybridized carbons (Fsp3) is 0.593. The van der Waals surface area contributed by atoms with Crippen molar-refractivity contribution in [2.45, 2.75) is 270 Å². The Balaban J connectivity index is 4.77. The summed E-state index contributed by atoms with van der Waals surface area (Å²) < 4.78 is 61.0. The van der Waals surface area contributed by atoms with Gasteiger partial charge in [0.05, 0.1) is 26.4 Å². The van der Waals surface area contributed by atoms with Gasteiger partial charge in [-0.05, 0) is 154 Å². The van der Waals surface area contributed by atoms with Gasteiger partial charge in [0.15, 0.2) is 6.10 Å². The Morgan fingerprint density at radius 3 is 0.798 bits per heavy atom. The number of allylic oxidation sites excluding steroid dienone is 30. The Labute approximate surface area is 598 Å². The lowest BCUT2D eigenvalue weighted by molar-refractivity contribution is -0.161. The largest absolute Gasteiger partial charge is 0.472 e. The van der Waals surface area contributed by atoms with Crippen molar-refractivity contribution >= 4 is 33.6 Å². The number of phosphoric ester groups is 2. The van der Waals surface area contributed by atoms with Crippen LogP contribution < -0.4 is 0 Å². The van der Waals surface area contributed by atoms with Gasteiger partial charge in [0.2, 0.25) is 0 Å². The van der Waals surface area contributed by atoms with E-state index in [4.69, 9.17) is 32.3 Å². The van der Waals surface area contributed by atoms with Gasteiger partial charge in [-0.25, -0.2) is 9.13 Å². The minimum Gasteiger partial charge on any atom is -0.463 e. The van der Waals surface area contributed by atoms with Crippen molar-refractivity contribution in [3.05, 3.63) is 182 Å². The van der Waals surface area contributed by atoms with Gasteiger partial charge in [0, 0.05) is 19.3 Å². The lowest BCUT2D eigenvalue weighted by atomic mass is 10.1. The number of aliphatic hydroxyl groups excluding tert-OH is 2. The van der Waals surface area contributed by atoms with Crippen molar-refractivity contribution < 1.29 is 75.8 Å². The molecule has 0 fully saturated rings. The molecule has 0 rings (SSSR count). The molecule has 16 nitrogen and oxygen atoms in total. The Hall–Kier alpha value is -5.35. The second-order valence-corrected chi connectivity index (χ2v) is 26.9. The molecule has 0 aliphatic rings. The predicted octanol–water partition coefficient (Wildman–Crippen LogP) is 21.4. The normalized spacial score (nSPS) is 15.1. The third-order valence-electron chi connectivity index (χ3n) is 14.6. The molecule has 0 heterocycles. The Bertz CT molecular complexity index is 2530. The highest BCUT2D eigenvalue weighted by Crippen LogP contribution is 2.45. The molecule has 0 radical (unpaired) electrons. The third-order valence-corrected chi connectivity index (χ3v) is 16.5. The van der Waals surface area contributed by atoms with Crippen LogP contribution in [0.25, 0.3) is 0 Å². The first-order valence-electron chi connectivity index (χ1n) is 37.1. The van der Waals surface area contributed by atoms with Gasteiger partial charge in [-0.15, -0.1) is 0 Å². The number of hydrogen-bond acceptors (Lipinski definition) is 14. The predicted molar refractivity (Wildman–Crippen MR) is 408 cm³/mol. The maximum atomic E-state index is 13.0. The highest BCUT2D eigenvalue weighted by molar-refractivity contribution is 7.47. The molecule has 4 N–H and O–H groups in total. The summed E-state index contributed by atoms with van der Waals surface area (Å²) in [7, 11) is -9.82. The van der Waals surface area contributed by atoms with E-state index in [1.165, 1.54) is 0 Å². The number of ether oxygens (including phenoxy) is 3. The first-order valence-corrected chi connectivity index (χ1v) is 40.1. The lowest BCUT2D eigenvalue weighted by Gasteiger charge is -2.21. The van der Waals surface area contributed by atoms with E-state index in [0.29, 0.717) is 19.3 Å². The van der Waals surface area contributed by atoms with Crippen LogP contribution in [0.4, 0.5) is 0 Å². The molecule has 0 bridgehead atoms. The molecule has 560 valence electrons. The number of aliphatic hydroxyl groups is 2. The SMILES string of the molecule is CC/C=C\C/C=C\C/C=C\C/C=C\C/C=C\C/C=C\CCCCCCC(=O)OCC(O)COP(=O)(O)OCC(O)COP(=O)(O)OCC(COC(=O)CCCCCCC/C=C\C/C=C\C/C=C\C/C=C\C/C=C\CC)OC(=O)CCCCCCCC/C=C\C/C=C\C/C=C\C/C=C\CC. The van der Waals surface area contributed by atoms with Crippen molar-refractivity contribution in [1.82, 2.24) is 0 Å². The van der Waals surface area contributed by atoms with Crippen LogP contribution in [0.5, 0.6) is 0 Å². The van der Waals surface area contributed by atoms with Crippen LogP contribution in [0.2, 0.25) is 0 Å². The van der Waals surface area contributed by atoms with Crippen LogP contribution in [0, 0.1) is 0 Å². The first kappa shape index (κ1) is 93.6. The molecule has 0 spiro atoms. The second-order valence-electron chi connectivity index (χ2n) is 23.9. The van der Waals surface area contributed by atoms with E-state index in [1.807, 2.05) is 0 Å². The molecule has 99 heavy (non-hydrogen) atoms. The molecule has 0 saturated carbocycles. The van der Waals surface area contributed by atoms with E-state index >= 15 is 0 Å². The number of phosphoric acid groups is 2. The molecule has 0 aliphatic carbocycles. The number of unbranched alkanes of at least 4 members (excludes halogenated alkanes) is 15. The average molecular weight is 1420 g/mol. The molecule has 0 aromatic carbocycles. The summed E-state index contributed by atoms with van der Waals surface area (Å²) in [5.41, 5.74) is 0. The molecule has 0 aromatic rings. The molecular weight excluding hydrogens is 1290 g/mol. The van der Waals surface area contributed by atoms with E-state index in [0.717, 1.165) is 193 Å². The number of rotatable bonds is 68. The van der Waals surface area contributed by atoms with Crippen molar-refractivity contribution in [1.29, 1.82) is 0 Å². The van der Waals surface area contributed by atoms with E-state index in [9.17, 15) is 43.5 Å². The summed E-state index contributed by atoms with van der Waals surface area (Å²) in [6.07, 6.45) is 92.1. The van der Waals surface area contributed by atoms with Gasteiger partial charge < -0.3 is 34.2 Å². The summed E-state index contributed by atoms with van der Waals surface area (Å²) >= 11 is 0. The van der Waals surface area contributed by atoms with Crippen LogP contribution in [0.3, 0.4) is 0 Å². The molecule has 0 saturated heterocycles. The summed E-state index contributed by atoms with van der Waals surface area (Å²) in [4.78, 5) is 58.6. The van der Waals surface area contributed by atoms with Crippen LogP contribution in [-0.4, -0.2) is 95.9 Å². The van der Waals surface area contributed by atoms with Gasteiger partial charge in [0.25, 0.3) is 0 Å². The third kappa shape index (κ3) is 73.7. The molecule has 18 heteroatoms. The highest BCUT2D eigenvalue weighted by Gasteiger charge is 2.29. The zero-order valence-electron chi connectivity index (χ0n) is 60.8. The van der Waals surface area contributed by atoms with Crippen molar-refractivity contribution in [3.63, 3.8) is 0 Å². The van der Waals surface area contributed by atoms with Crippen LogP contribution in [0.1, 0.15) is 252 Å². The van der Waals surface area contributed by atoms with Crippen LogP contribution in [-0.2, 0) is 55.8 Å². The Morgan fingerprint density at radius 1 is 0.283 bits per heavy atom. The number of esters is 3. The standard InChI is InChI=1S/C81H130O16P2/c1-4-7-10-13-16-19-22-25-28-31-34-36-37-39-42-43-46-49-52-55-58-61-64-67-79(84)91-70-76(82)71-93-98(87,88)94-72-77(83)73-95-99(89,90)96-75-78(97-81(86)69-66-63-60-57-54-51-48-45-40-33-30-27-24-21-18-15-12-9-6-3)74-92-80(85)68-65-62-59-56-53-50-47-44-41-38-35-32-29-26-23-20-17-14-11-8-5-2/h7-12,16-21,25-30,34-36,38-40,42,44-47,49,76-78,82-83H,4-6,13-15,22-24,31-33,37,41,43,48,50-75H2,1-3H3,(H,87,88)(H,89,90)/b10-7-,11-8-,12-9-,19-16-,20-17-,21-18-,28-25-,29-26-,30-27-,36-34-,38-35-,42-39-,45-40-,47-44-,49-46-. The number of hydrogen-bond donors (Lipinski definition) is 4. The van der Waals surface area contributed by atoms with Gasteiger partial charge in [-0.2, -0.15) is 0 Å². The van der Waals surface area contributed by atoms with Crippen molar-refractivity contribution in [2.24, 2.45) is 0 Å². The summed E-state index contributed by atoms with van der Waals surface area (Å²) in [6.45, 7) is 2.24. The Morgan fingerprint density at radius 2 is 0.505 bits per heavy atom. The summed E-state index contributed by atoms with van der Waals surface area (Å²) in [6, 6.07) is 0. The summed E-state index contributed by atoms with van der Waals surface area (Å²) in [5.74, 6) is -1.65. The van der Waals surface area contributed by atoms with E-state index in [-0.39, 0.29) is 19.3 Å². The fourth-order valence-electron chi connectivity index (χ4n) is 9.06. The quantitative estimate of drug-likeness (QED) is 0.0146. The van der Waals surface area contributed by atoms with E-state index in [1.54, 1.807) is 0 Å². The van der Waals surface area contributed by atoms with Crippen LogP contribution >= 0.6 is 15.6 Å². The molecule has 0 aliphatic heterocycles. The topological polar surface area (TPSA) is 231 Å². The molecule has 0 amide bonds. The number of carbonyl (C=O) groups is 3. The van der Waals surface area contributed by atoms with Gasteiger partial charge in [0.1, 0.15) is 25.4 Å². The molecular formula is C81H130O16P2. The number of carbonyl (C=O) groups excluding carboxylic acids is 3. The second kappa shape index (κ2) is 72.4. The molecule has 5 unspecified atom stereocenters.